The first kappa shape index (κ1) is 15.0. The highest BCUT2D eigenvalue weighted by Crippen LogP contribution is 2.32. The number of carbonyl (C=O) groups excluding carboxylic acids is 1. The zero-order chi connectivity index (χ0) is 15.8. The molecule has 0 aromatic heterocycles. The van der Waals surface area contributed by atoms with Gasteiger partial charge in [-0.15, -0.1) is 0 Å². The summed E-state index contributed by atoms with van der Waals surface area (Å²) < 4.78 is 0. The lowest BCUT2D eigenvalue weighted by atomic mass is 10.1. The maximum Gasteiger partial charge on any atom is 0.251 e. The summed E-state index contributed by atoms with van der Waals surface area (Å²) in [5, 5.41) is 3.28. The number of hydrogen-bond donors (Lipinski definition) is 1. The van der Waals surface area contributed by atoms with Crippen molar-refractivity contribution in [3.05, 3.63) is 29.8 Å². The summed E-state index contributed by atoms with van der Waals surface area (Å²) in [6.07, 6.45) is 5.19. The highest BCUT2D eigenvalue weighted by atomic mass is 16.1. The summed E-state index contributed by atoms with van der Waals surface area (Å²) in [7, 11) is 0. The van der Waals surface area contributed by atoms with E-state index < -0.39 is 0 Å². The fourth-order valence-corrected chi connectivity index (χ4v) is 4.00. The summed E-state index contributed by atoms with van der Waals surface area (Å²) in [6.45, 7) is 6.63. The van der Waals surface area contributed by atoms with E-state index in [1.54, 1.807) is 0 Å². The van der Waals surface area contributed by atoms with Crippen molar-refractivity contribution in [1.29, 1.82) is 0 Å². The summed E-state index contributed by atoms with van der Waals surface area (Å²) >= 11 is 0. The molecule has 1 aromatic carbocycles. The Balaban J connectivity index is 1.41. The smallest absolute Gasteiger partial charge is 0.251 e. The van der Waals surface area contributed by atoms with Crippen molar-refractivity contribution in [2.45, 2.75) is 44.7 Å². The zero-order valence-electron chi connectivity index (χ0n) is 14.0. The molecule has 2 atom stereocenters. The molecule has 1 aliphatic carbocycles. The van der Waals surface area contributed by atoms with Gasteiger partial charge in [0.25, 0.3) is 5.91 Å². The third kappa shape index (κ3) is 3.23. The van der Waals surface area contributed by atoms with Crippen molar-refractivity contribution in [2.75, 3.05) is 31.1 Å². The van der Waals surface area contributed by atoms with Crippen LogP contribution in [0, 0.1) is 5.92 Å². The molecular weight excluding hydrogens is 286 g/mol. The van der Waals surface area contributed by atoms with Crippen LogP contribution in [0.25, 0.3) is 0 Å². The Morgan fingerprint density at radius 3 is 2.70 bits per heavy atom. The molecule has 0 bridgehead atoms. The Kier molecular flexibility index (Phi) is 4.02. The van der Waals surface area contributed by atoms with Gasteiger partial charge in [0.2, 0.25) is 0 Å². The molecule has 3 aliphatic rings. The third-order valence-corrected chi connectivity index (χ3v) is 5.60. The highest BCUT2D eigenvalue weighted by Gasteiger charge is 2.38. The van der Waals surface area contributed by atoms with E-state index in [1.165, 1.54) is 31.4 Å². The first-order valence-corrected chi connectivity index (χ1v) is 9.10. The van der Waals surface area contributed by atoms with Crippen molar-refractivity contribution in [2.24, 2.45) is 5.92 Å². The second-order valence-corrected chi connectivity index (χ2v) is 7.49. The minimum absolute atomic E-state index is 0.0838. The fraction of sp³-hybridized carbons (Fsp3) is 0.632. The monoisotopic (exact) mass is 313 g/mol. The van der Waals surface area contributed by atoms with E-state index in [4.69, 9.17) is 0 Å². The molecule has 2 heterocycles. The summed E-state index contributed by atoms with van der Waals surface area (Å²) in [5.74, 6) is 0.627. The van der Waals surface area contributed by atoms with Crippen molar-refractivity contribution in [1.82, 2.24) is 10.2 Å². The summed E-state index contributed by atoms with van der Waals surface area (Å²) in [4.78, 5) is 17.6. The topological polar surface area (TPSA) is 35.6 Å². The van der Waals surface area contributed by atoms with Gasteiger partial charge in [0.15, 0.2) is 0 Å². The molecule has 1 N–H and O–H groups in total. The van der Waals surface area contributed by atoms with Crippen LogP contribution in [-0.4, -0.2) is 49.1 Å². The predicted molar refractivity (Wildman–Crippen MR) is 92.9 cm³/mol. The summed E-state index contributed by atoms with van der Waals surface area (Å²) in [6, 6.07) is 9.20. The molecule has 3 fully saturated rings. The molecule has 0 unspecified atom stereocenters. The molecule has 0 radical (unpaired) electrons. The van der Waals surface area contributed by atoms with E-state index >= 15 is 0 Å². The van der Waals surface area contributed by atoms with Gasteiger partial charge in [0.05, 0.1) is 0 Å². The molecule has 23 heavy (non-hydrogen) atoms. The number of likely N-dealkylation sites (tertiary alicyclic amines) is 1. The van der Waals surface area contributed by atoms with E-state index in [1.807, 2.05) is 12.1 Å². The Labute approximate surface area is 138 Å². The molecule has 2 aliphatic heterocycles. The molecule has 4 nitrogen and oxygen atoms in total. The number of nitrogens with one attached hydrogen (secondary N) is 1. The van der Waals surface area contributed by atoms with E-state index in [-0.39, 0.29) is 5.91 Å². The van der Waals surface area contributed by atoms with Crippen LogP contribution in [0.4, 0.5) is 5.69 Å². The second kappa shape index (κ2) is 6.16. The Bertz CT molecular complexity index is 578. The van der Waals surface area contributed by atoms with Crippen molar-refractivity contribution in [3.8, 4) is 0 Å². The zero-order valence-corrected chi connectivity index (χ0v) is 14.0. The van der Waals surface area contributed by atoms with Gasteiger partial charge in [-0.3, -0.25) is 9.69 Å². The van der Waals surface area contributed by atoms with Crippen LogP contribution in [0.3, 0.4) is 0 Å². The number of benzene rings is 1. The fourth-order valence-electron chi connectivity index (χ4n) is 4.00. The van der Waals surface area contributed by atoms with E-state index in [0.717, 1.165) is 37.8 Å². The second-order valence-electron chi connectivity index (χ2n) is 7.49. The van der Waals surface area contributed by atoms with E-state index in [9.17, 15) is 4.79 Å². The van der Waals surface area contributed by atoms with Crippen molar-refractivity contribution in [3.63, 3.8) is 0 Å². The Morgan fingerprint density at radius 2 is 1.96 bits per heavy atom. The highest BCUT2D eigenvalue weighted by molar-refractivity contribution is 5.95. The molecule has 1 aromatic rings. The molecule has 4 rings (SSSR count). The third-order valence-electron chi connectivity index (χ3n) is 5.60. The van der Waals surface area contributed by atoms with E-state index in [2.05, 4.69) is 34.2 Å². The Morgan fingerprint density at radius 1 is 1.17 bits per heavy atom. The quantitative estimate of drug-likeness (QED) is 0.928. The maximum absolute atomic E-state index is 12.7. The molecular formula is C19H27N3O. The first-order valence-electron chi connectivity index (χ1n) is 9.10. The first-order chi connectivity index (χ1) is 11.2. The van der Waals surface area contributed by atoms with Crippen LogP contribution in [0.5, 0.6) is 0 Å². The van der Waals surface area contributed by atoms with Crippen molar-refractivity contribution < 1.29 is 4.79 Å². The van der Waals surface area contributed by atoms with Gasteiger partial charge < -0.3 is 10.2 Å². The SMILES string of the molecule is C[C@H]1CN(C2CC2)C[C@H]1NC(=O)c1cccc(N2CCCC2)c1. The largest absolute Gasteiger partial charge is 0.372 e. The van der Waals surface area contributed by atoms with Crippen molar-refractivity contribution >= 4 is 11.6 Å². The predicted octanol–water partition coefficient (Wildman–Crippen LogP) is 2.50. The number of rotatable bonds is 4. The number of anilines is 1. The minimum atomic E-state index is 0.0838. The average molecular weight is 313 g/mol. The van der Waals surface area contributed by atoms with Gasteiger partial charge in [0, 0.05) is 49.5 Å². The van der Waals surface area contributed by atoms with Gasteiger partial charge in [-0.1, -0.05) is 13.0 Å². The number of carbonyl (C=O) groups is 1. The van der Waals surface area contributed by atoms with Crippen LogP contribution in [-0.2, 0) is 0 Å². The van der Waals surface area contributed by atoms with Gasteiger partial charge in [-0.25, -0.2) is 0 Å². The van der Waals surface area contributed by atoms with Crippen LogP contribution < -0.4 is 10.2 Å². The standard InChI is InChI=1S/C19H27N3O/c1-14-12-22(16-7-8-16)13-18(14)20-19(23)15-5-4-6-17(11-15)21-9-2-3-10-21/h4-6,11,14,16,18H,2-3,7-10,12-13H2,1H3,(H,20,23)/t14-,18+/m0/s1. The van der Waals surface area contributed by atoms with Gasteiger partial charge >= 0.3 is 0 Å². The molecule has 124 valence electrons. The lowest BCUT2D eigenvalue weighted by Gasteiger charge is -2.20. The molecule has 2 saturated heterocycles. The summed E-state index contributed by atoms with van der Waals surface area (Å²) in [5.41, 5.74) is 1.99. The van der Waals surface area contributed by atoms with Crippen LogP contribution in [0.15, 0.2) is 24.3 Å². The lowest BCUT2D eigenvalue weighted by Crippen LogP contribution is -2.40. The molecule has 1 saturated carbocycles. The van der Waals surface area contributed by atoms with Crippen LogP contribution >= 0.6 is 0 Å². The van der Waals surface area contributed by atoms with Crippen LogP contribution in [0.1, 0.15) is 43.0 Å². The van der Waals surface area contributed by atoms with Gasteiger partial charge in [-0.2, -0.15) is 0 Å². The van der Waals surface area contributed by atoms with Gasteiger partial charge in [-0.05, 0) is 49.8 Å². The minimum Gasteiger partial charge on any atom is -0.372 e. The van der Waals surface area contributed by atoms with Gasteiger partial charge in [0.1, 0.15) is 0 Å². The molecule has 4 heteroatoms. The number of nitrogens with zero attached hydrogens (tertiary/aromatic N) is 2. The lowest BCUT2D eigenvalue weighted by molar-refractivity contribution is 0.0931. The number of hydrogen-bond acceptors (Lipinski definition) is 3. The maximum atomic E-state index is 12.7. The number of amides is 1. The average Bonchev–Trinajstić information content (AvgIpc) is 3.14. The normalized spacial score (nSPS) is 28.3. The van der Waals surface area contributed by atoms with E-state index in [0.29, 0.717) is 12.0 Å². The Hall–Kier alpha value is -1.55. The van der Waals surface area contributed by atoms with Crippen LogP contribution in [0.2, 0.25) is 0 Å². The molecule has 1 amide bonds. The molecule has 0 spiro atoms.